The van der Waals surface area contributed by atoms with Gasteiger partial charge in [0.05, 0.1) is 25.6 Å². The minimum absolute atomic E-state index is 0.335. The lowest BCUT2D eigenvalue weighted by molar-refractivity contribution is -0.137. The van der Waals surface area contributed by atoms with Crippen LogP contribution in [0, 0.1) is 0 Å². The number of esters is 1. The first kappa shape index (κ1) is 12.0. The normalized spacial score (nSPS) is 10.3. The largest absolute Gasteiger partial charge is 0.501 e. The Morgan fingerprint density at radius 2 is 2.00 bits per heavy atom. The Morgan fingerprint density at radius 3 is 2.62 bits per heavy atom. The minimum Gasteiger partial charge on any atom is -0.501 e. The molecule has 0 aliphatic rings. The van der Waals surface area contributed by atoms with Crippen LogP contribution in [0.25, 0.3) is 0 Å². The Bertz CT molecular complexity index is 152. The van der Waals surface area contributed by atoms with E-state index >= 15 is 0 Å². The smallest absolute Gasteiger partial charge is 0.333 e. The molecule has 13 heavy (non-hydrogen) atoms. The number of rotatable bonds is 7. The Kier molecular flexibility index (Phi) is 8.41. The zero-order valence-corrected chi connectivity index (χ0v) is 8.41. The van der Waals surface area contributed by atoms with E-state index in [2.05, 4.69) is 6.92 Å². The Balaban J connectivity index is 3.31. The quantitative estimate of drug-likeness (QED) is 0.265. The van der Waals surface area contributed by atoms with Gasteiger partial charge in [0, 0.05) is 0 Å². The summed E-state index contributed by atoms with van der Waals surface area (Å²) in [6, 6.07) is 0. The van der Waals surface area contributed by atoms with Crippen LogP contribution in [0.2, 0.25) is 0 Å². The summed E-state index contributed by atoms with van der Waals surface area (Å²) in [5, 5.41) is 0. The highest BCUT2D eigenvalue weighted by Crippen LogP contribution is 1.90. The Morgan fingerprint density at radius 1 is 1.23 bits per heavy atom. The van der Waals surface area contributed by atoms with Gasteiger partial charge in [0.1, 0.15) is 0 Å². The summed E-state index contributed by atoms with van der Waals surface area (Å²) < 4.78 is 9.84. The van der Waals surface area contributed by atoms with Gasteiger partial charge in [-0.3, -0.25) is 0 Å². The summed E-state index contributed by atoms with van der Waals surface area (Å²) in [5.74, 6) is -0.335. The Labute approximate surface area is 79.7 Å². The third kappa shape index (κ3) is 8.92. The van der Waals surface area contributed by atoms with Gasteiger partial charge in [-0.2, -0.15) is 0 Å². The fourth-order valence-electron chi connectivity index (χ4n) is 0.650. The van der Waals surface area contributed by atoms with Crippen molar-refractivity contribution in [3.8, 4) is 0 Å². The van der Waals surface area contributed by atoms with Crippen molar-refractivity contribution < 1.29 is 14.3 Å². The average Bonchev–Trinajstić information content (AvgIpc) is 2.14. The second-order valence-electron chi connectivity index (χ2n) is 2.69. The molecule has 3 heteroatoms. The van der Waals surface area contributed by atoms with Gasteiger partial charge in [0.15, 0.2) is 0 Å². The molecule has 0 aromatic carbocycles. The number of hydrogen-bond acceptors (Lipinski definition) is 3. The third-order valence-electron chi connectivity index (χ3n) is 1.36. The fourth-order valence-corrected chi connectivity index (χ4v) is 0.650. The van der Waals surface area contributed by atoms with Crippen LogP contribution < -0.4 is 0 Å². The maximum absolute atomic E-state index is 10.8. The second kappa shape index (κ2) is 9.10. The van der Waals surface area contributed by atoms with Gasteiger partial charge in [-0.15, -0.1) is 0 Å². The van der Waals surface area contributed by atoms with E-state index < -0.39 is 0 Å². The summed E-state index contributed by atoms with van der Waals surface area (Å²) in [7, 11) is 0. The molecule has 0 atom stereocenters. The molecule has 0 spiro atoms. The van der Waals surface area contributed by atoms with E-state index in [0.717, 1.165) is 19.3 Å². The molecule has 0 aliphatic carbocycles. The summed E-state index contributed by atoms with van der Waals surface area (Å²) in [6.07, 6.45) is 5.65. The zero-order valence-electron chi connectivity index (χ0n) is 8.41. The van der Waals surface area contributed by atoms with Crippen LogP contribution in [0.5, 0.6) is 0 Å². The van der Waals surface area contributed by atoms with Crippen molar-refractivity contribution in [3.63, 3.8) is 0 Å². The highest BCUT2D eigenvalue weighted by molar-refractivity contribution is 5.81. The van der Waals surface area contributed by atoms with E-state index in [9.17, 15) is 4.79 Å². The van der Waals surface area contributed by atoms with E-state index in [0.29, 0.717) is 13.2 Å². The summed E-state index contributed by atoms with van der Waals surface area (Å²) in [6.45, 7) is 5.17. The van der Waals surface area contributed by atoms with Crippen molar-refractivity contribution in [1.29, 1.82) is 0 Å². The van der Waals surface area contributed by atoms with E-state index in [-0.39, 0.29) is 5.97 Å². The van der Waals surface area contributed by atoms with Gasteiger partial charge < -0.3 is 9.47 Å². The topological polar surface area (TPSA) is 35.5 Å². The van der Waals surface area contributed by atoms with Crippen molar-refractivity contribution in [1.82, 2.24) is 0 Å². The molecule has 0 radical (unpaired) electrons. The van der Waals surface area contributed by atoms with Crippen molar-refractivity contribution in [2.24, 2.45) is 0 Å². The zero-order chi connectivity index (χ0) is 9.94. The van der Waals surface area contributed by atoms with Crippen molar-refractivity contribution >= 4 is 5.97 Å². The van der Waals surface area contributed by atoms with Crippen LogP contribution in [0.4, 0.5) is 0 Å². The van der Waals surface area contributed by atoms with Gasteiger partial charge in [-0.25, -0.2) is 4.79 Å². The Hall–Kier alpha value is -0.990. The van der Waals surface area contributed by atoms with E-state index in [1.807, 2.05) is 6.92 Å². The summed E-state index contributed by atoms with van der Waals surface area (Å²) >= 11 is 0. The van der Waals surface area contributed by atoms with Gasteiger partial charge >= 0.3 is 5.97 Å². The van der Waals surface area contributed by atoms with Crippen molar-refractivity contribution in [2.45, 2.75) is 33.1 Å². The molecule has 0 aromatic heterocycles. The van der Waals surface area contributed by atoms with Gasteiger partial charge in [0.25, 0.3) is 0 Å². The van der Waals surface area contributed by atoms with Crippen LogP contribution in [-0.2, 0) is 14.3 Å². The van der Waals surface area contributed by atoms with Gasteiger partial charge in [0.2, 0.25) is 0 Å². The molecular formula is C10H18O3. The standard InChI is InChI=1S/C10H18O3/c1-3-5-8-12-9-6-10(11)13-7-4-2/h6,9H,3-5,7-8H2,1-2H3. The predicted molar refractivity (Wildman–Crippen MR) is 51.3 cm³/mol. The summed E-state index contributed by atoms with van der Waals surface area (Å²) in [5.41, 5.74) is 0. The molecule has 0 rings (SSSR count). The predicted octanol–water partition coefficient (Wildman–Crippen LogP) is 2.27. The highest BCUT2D eigenvalue weighted by atomic mass is 16.5. The average molecular weight is 186 g/mol. The van der Waals surface area contributed by atoms with Crippen LogP contribution in [-0.4, -0.2) is 19.2 Å². The summed E-state index contributed by atoms with van der Waals surface area (Å²) in [4.78, 5) is 10.8. The van der Waals surface area contributed by atoms with Gasteiger partial charge in [-0.1, -0.05) is 20.3 Å². The molecule has 0 N–H and O–H groups in total. The number of carbonyl (C=O) groups is 1. The van der Waals surface area contributed by atoms with Crippen molar-refractivity contribution in [2.75, 3.05) is 13.2 Å². The number of hydrogen-bond donors (Lipinski definition) is 0. The fraction of sp³-hybridized carbons (Fsp3) is 0.700. The first-order valence-electron chi connectivity index (χ1n) is 4.76. The second-order valence-corrected chi connectivity index (χ2v) is 2.69. The lowest BCUT2D eigenvalue weighted by atomic mass is 10.4. The van der Waals surface area contributed by atoms with Crippen LogP contribution in [0.1, 0.15) is 33.1 Å². The molecule has 0 amide bonds. The molecule has 3 nitrogen and oxygen atoms in total. The first-order valence-corrected chi connectivity index (χ1v) is 4.76. The minimum atomic E-state index is -0.335. The molecule has 0 fully saturated rings. The molecule has 0 saturated heterocycles. The number of ether oxygens (including phenoxy) is 2. The number of carbonyl (C=O) groups excluding carboxylic acids is 1. The maximum Gasteiger partial charge on any atom is 0.333 e. The van der Waals surface area contributed by atoms with Gasteiger partial charge in [-0.05, 0) is 12.8 Å². The first-order chi connectivity index (χ1) is 6.31. The molecule has 0 unspecified atom stereocenters. The molecule has 0 aliphatic heterocycles. The molecular weight excluding hydrogens is 168 g/mol. The third-order valence-corrected chi connectivity index (χ3v) is 1.36. The molecule has 0 saturated carbocycles. The number of unbranched alkanes of at least 4 members (excludes halogenated alkanes) is 1. The van der Waals surface area contributed by atoms with E-state index in [4.69, 9.17) is 9.47 Å². The highest BCUT2D eigenvalue weighted by Gasteiger charge is 1.93. The molecule has 0 heterocycles. The lowest BCUT2D eigenvalue weighted by Crippen LogP contribution is -2.01. The van der Waals surface area contributed by atoms with Crippen LogP contribution >= 0.6 is 0 Å². The van der Waals surface area contributed by atoms with Crippen LogP contribution in [0.15, 0.2) is 12.3 Å². The molecule has 0 aromatic rings. The van der Waals surface area contributed by atoms with E-state index in [1.54, 1.807) is 0 Å². The SMILES string of the molecule is CCCCOC=CC(=O)OCCC. The molecule has 0 bridgehead atoms. The van der Waals surface area contributed by atoms with Crippen LogP contribution in [0.3, 0.4) is 0 Å². The monoisotopic (exact) mass is 186 g/mol. The lowest BCUT2D eigenvalue weighted by Gasteiger charge is -1.98. The van der Waals surface area contributed by atoms with Crippen molar-refractivity contribution in [3.05, 3.63) is 12.3 Å². The maximum atomic E-state index is 10.8. The van der Waals surface area contributed by atoms with E-state index in [1.165, 1.54) is 12.3 Å². The molecule has 76 valence electrons.